The minimum atomic E-state index is 0.361. The van der Waals surface area contributed by atoms with E-state index in [1.807, 2.05) is 0 Å². The maximum absolute atomic E-state index is 5.66. The van der Waals surface area contributed by atoms with Crippen molar-refractivity contribution in [3.05, 3.63) is 0 Å². The van der Waals surface area contributed by atoms with Gasteiger partial charge in [0.2, 0.25) is 0 Å². The van der Waals surface area contributed by atoms with Crippen molar-refractivity contribution in [1.29, 1.82) is 0 Å². The normalized spacial score (nSPS) is 13.1. The molecule has 0 heterocycles. The minimum Gasteiger partial charge on any atom is -0.330 e. The Morgan fingerprint density at radius 3 is 2.21 bits per heavy atom. The first-order valence-corrected chi connectivity index (χ1v) is 5.93. The van der Waals surface area contributed by atoms with Crippen LogP contribution in [0.25, 0.3) is 0 Å². The summed E-state index contributed by atoms with van der Waals surface area (Å²) in [6.07, 6.45) is 7.31. The number of unbranched alkanes of at least 4 members (excludes halogenated alkanes) is 3. The Bertz CT molecular complexity index is 105. The molecule has 0 aliphatic heterocycles. The third-order valence-corrected chi connectivity index (χ3v) is 2.32. The predicted molar refractivity (Wildman–Crippen MR) is 63.3 cm³/mol. The van der Waals surface area contributed by atoms with Crippen molar-refractivity contribution in [2.45, 2.75) is 51.5 Å². The standard InChI is InChI=1S/C11H27N3/c1-11(13)7-3-6-10-14-9-5-2-4-8-12/h11,14H,2-10,12-13H2,1H3/t11-/m1/s1. The molecule has 0 rings (SSSR count). The van der Waals surface area contributed by atoms with Crippen molar-refractivity contribution in [3.63, 3.8) is 0 Å². The summed E-state index contributed by atoms with van der Waals surface area (Å²) in [5, 5.41) is 3.44. The Balaban J connectivity index is 2.85. The van der Waals surface area contributed by atoms with Crippen molar-refractivity contribution < 1.29 is 0 Å². The second kappa shape index (κ2) is 11.0. The lowest BCUT2D eigenvalue weighted by Gasteiger charge is -2.06. The van der Waals surface area contributed by atoms with E-state index in [0.29, 0.717) is 6.04 Å². The lowest BCUT2D eigenvalue weighted by Crippen LogP contribution is -2.18. The van der Waals surface area contributed by atoms with E-state index in [4.69, 9.17) is 11.5 Å². The van der Waals surface area contributed by atoms with Crippen LogP contribution in [0.15, 0.2) is 0 Å². The second-order valence-corrected chi connectivity index (χ2v) is 4.07. The van der Waals surface area contributed by atoms with Gasteiger partial charge in [-0.25, -0.2) is 0 Å². The average Bonchev–Trinajstić information content (AvgIpc) is 2.15. The van der Waals surface area contributed by atoms with Crippen molar-refractivity contribution in [2.24, 2.45) is 11.5 Å². The highest BCUT2D eigenvalue weighted by Crippen LogP contribution is 1.97. The van der Waals surface area contributed by atoms with Crippen molar-refractivity contribution in [1.82, 2.24) is 5.32 Å². The first kappa shape index (κ1) is 13.9. The van der Waals surface area contributed by atoms with E-state index in [9.17, 15) is 0 Å². The fraction of sp³-hybridized carbons (Fsp3) is 1.00. The first-order chi connectivity index (χ1) is 6.77. The molecule has 5 N–H and O–H groups in total. The van der Waals surface area contributed by atoms with Gasteiger partial charge in [-0.2, -0.15) is 0 Å². The van der Waals surface area contributed by atoms with Gasteiger partial charge in [-0.15, -0.1) is 0 Å². The van der Waals surface area contributed by atoms with Crippen LogP contribution in [0.2, 0.25) is 0 Å². The summed E-state index contributed by atoms with van der Waals surface area (Å²) in [6.45, 7) is 5.17. The second-order valence-electron chi connectivity index (χ2n) is 4.07. The molecule has 0 spiro atoms. The molecule has 3 nitrogen and oxygen atoms in total. The van der Waals surface area contributed by atoms with Crippen LogP contribution in [0.3, 0.4) is 0 Å². The van der Waals surface area contributed by atoms with Crippen LogP contribution >= 0.6 is 0 Å². The van der Waals surface area contributed by atoms with Crippen molar-refractivity contribution in [3.8, 4) is 0 Å². The third kappa shape index (κ3) is 11.9. The summed E-state index contributed by atoms with van der Waals surface area (Å²) in [7, 11) is 0. The summed E-state index contributed by atoms with van der Waals surface area (Å²) >= 11 is 0. The van der Waals surface area contributed by atoms with Gasteiger partial charge in [0.05, 0.1) is 0 Å². The number of nitrogens with one attached hydrogen (secondary N) is 1. The number of nitrogens with two attached hydrogens (primary N) is 2. The largest absolute Gasteiger partial charge is 0.330 e. The van der Waals surface area contributed by atoms with E-state index < -0.39 is 0 Å². The zero-order valence-corrected chi connectivity index (χ0v) is 9.60. The van der Waals surface area contributed by atoms with E-state index >= 15 is 0 Å². The van der Waals surface area contributed by atoms with Crippen LogP contribution in [0.5, 0.6) is 0 Å². The topological polar surface area (TPSA) is 64.1 Å². The Morgan fingerprint density at radius 1 is 1.00 bits per heavy atom. The van der Waals surface area contributed by atoms with Gasteiger partial charge in [-0.05, 0) is 52.2 Å². The summed E-state index contributed by atoms with van der Waals surface area (Å²) in [6, 6.07) is 0.361. The van der Waals surface area contributed by atoms with Crippen LogP contribution in [-0.2, 0) is 0 Å². The molecule has 0 saturated heterocycles. The highest BCUT2D eigenvalue weighted by molar-refractivity contribution is 4.55. The van der Waals surface area contributed by atoms with Gasteiger partial charge in [0.25, 0.3) is 0 Å². The van der Waals surface area contributed by atoms with E-state index in [0.717, 1.165) is 32.5 Å². The van der Waals surface area contributed by atoms with Crippen molar-refractivity contribution in [2.75, 3.05) is 19.6 Å². The molecule has 0 amide bonds. The highest BCUT2D eigenvalue weighted by atomic mass is 14.8. The van der Waals surface area contributed by atoms with E-state index in [-0.39, 0.29) is 0 Å². The van der Waals surface area contributed by atoms with Gasteiger partial charge in [-0.1, -0.05) is 12.8 Å². The average molecular weight is 201 g/mol. The fourth-order valence-corrected chi connectivity index (χ4v) is 1.41. The van der Waals surface area contributed by atoms with Crippen LogP contribution in [0.4, 0.5) is 0 Å². The predicted octanol–water partition coefficient (Wildman–Crippen LogP) is 1.22. The summed E-state index contributed by atoms with van der Waals surface area (Å²) < 4.78 is 0. The van der Waals surface area contributed by atoms with Gasteiger partial charge >= 0.3 is 0 Å². The lowest BCUT2D eigenvalue weighted by molar-refractivity contribution is 0.548. The molecule has 14 heavy (non-hydrogen) atoms. The zero-order chi connectivity index (χ0) is 10.6. The molecule has 0 fully saturated rings. The van der Waals surface area contributed by atoms with Crippen LogP contribution in [-0.4, -0.2) is 25.7 Å². The molecule has 0 aromatic heterocycles. The molecule has 0 unspecified atom stereocenters. The Morgan fingerprint density at radius 2 is 1.64 bits per heavy atom. The maximum Gasteiger partial charge on any atom is 0.00104 e. The molecule has 0 radical (unpaired) electrons. The summed E-state index contributed by atoms with van der Waals surface area (Å²) in [5.74, 6) is 0. The number of hydrogen-bond donors (Lipinski definition) is 3. The molecule has 0 bridgehead atoms. The molecule has 3 heteroatoms. The smallest absolute Gasteiger partial charge is 0.00104 e. The van der Waals surface area contributed by atoms with Gasteiger partial charge in [0, 0.05) is 6.04 Å². The molecular weight excluding hydrogens is 174 g/mol. The van der Waals surface area contributed by atoms with Gasteiger partial charge in [0.15, 0.2) is 0 Å². The lowest BCUT2D eigenvalue weighted by atomic mass is 10.1. The molecule has 1 atom stereocenters. The highest BCUT2D eigenvalue weighted by Gasteiger charge is 1.93. The maximum atomic E-state index is 5.66. The summed E-state index contributed by atoms with van der Waals surface area (Å²) in [4.78, 5) is 0. The third-order valence-electron chi connectivity index (χ3n) is 2.32. The van der Waals surface area contributed by atoms with Gasteiger partial charge in [-0.3, -0.25) is 0 Å². The number of rotatable bonds is 10. The van der Waals surface area contributed by atoms with E-state index in [1.54, 1.807) is 0 Å². The molecule has 0 aromatic carbocycles. The minimum absolute atomic E-state index is 0.361. The molecule has 0 aromatic rings. The Kier molecular flexibility index (Phi) is 10.9. The van der Waals surface area contributed by atoms with Gasteiger partial charge < -0.3 is 16.8 Å². The monoisotopic (exact) mass is 201 g/mol. The molecule has 0 aliphatic carbocycles. The Labute approximate surface area is 88.6 Å². The van der Waals surface area contributed by atoms with Crippen LogP contribution in [0, 0.1) is 0 Å². The van der Waals surface area contributed by atoms with Crippen molar-refractivity contribution >= 4 is 0 Å². The molecular formula is C11H27N3. The van der Waals surface area contributed by atoms with Crippen LogP contribution < -0.4 is 16.8 Å². The molecule has 86 valence electrons. The first-order valence-electron chi connectivity index (χ1n) is 5.93. The fourth-order valence-electron chi connectivity index (χ4n) is 1.41. The van der Waals surface area contributed by atoms with Gasteiger partial charge in [0.1, 0.15) is 0 Å². The molecule has 0 aliphatic rings. The molecule has 0 saturated carbocycles. The zero-order valence-electron chi connectivity index (χ0n) is 9.60. The van der Waals surface area contributed by atoms with E-state index in [1.165, 1.54) is 25.7 Å². The number of hydrogen-bond acceptors (Lipinski definition) is 3. The van der Waals surface area contributed by atoms with Crippen LogP contribution in [0.1, 0.15) is 45.4 Å². The SMILES string of the molecule is C[C@@H](N)CCCCNCCCCCN. The summed E-state index contributed by atoms with van der Waals surface area (Å²) in [5.41, 5.74) is 11.1. The quantitative estimate of drug-likeness (QED) is 0.466. The Hall–Kier alpha value is -0.120. The van der Waals surface area contributed by atoms with E-state index in [2.05, 4.69) is 12.2 Å².